The third-order valence-electron chi connectivity index (χ3n) is 4.61. The Kier molecular flexibility index (Phi) is 5.51. The van der Waals surface area contributed by atoms with Crippen molar-refractivity contribution in [3.8, 4) is 0 Å². The Morgan fingerprint density at radius 1 is 1.23 bits per heavy atom. The van der Waals surface area contributed by atoms with Crippen molar-refractivity contribution in [3.63, 3.8) is 0 Å². The molecule has 0 spiro atoms. The number of aliphatic hydroxyl groups is 1. The maximum absolute atomic E-state index is 13.0. The number of hydrogen-bond acceptors (Lipinski definition) is 3. The van der Waals surface area contributed by atoms with Crippen molar-refractivity contribution >= 4 is 44.9 Å². The van der Waals surface area contributed by atoms with Crippen LogP contribution in [-0.2, 0) is 10.4 Å². The first-order valence-corrected chi connectivity index (χ1v) is 9.67. The minimum Gasteiger partial charge on any atom is -0.375 e. The molecule has 1 N–H and O–H groups in total. The van der Waals surface area contributed by atoms with Crippen LogP contribution in [-0.4, -0.2) is 23.3 Å². The standard InChI is InChI=1S/C20H19BrClNO3/c1-2-3-10-23-17-9-6-14(21)11-16(17)20(26,19(23)25)12-18(24)13-4-7-15(22)8-5-13/h4-9,11,26H,2-3,10,12H2,1H3/t20-/m1/s1. The molecule has 1 heterocycles. The van der Waals surface area contributed by atoms with E-state index in [0.717, 1.165) is 17.3 Å². The Hall–Kier alpha value is -1.69. The molecule has 0 aliphatic carbocycles. The summed E-state index contributed by atoms with van der Waals surface area (Å²) in [4.78, 5) is 27.3. The average Bonchev–Trinajstić information content (AvgIpc) is 2.81. The lowest BCUT2D eigenvalue weighted by Crippen LogP contribution is -2.42. The minimum atomic E-state index is -1.86. The van der Waals surface area contributed by atoms with Gasteiger partial charge in [0.05, 0.1) is 12.1 Å². The van der Waals surface area contributed by atoms with Crippen LogP contribution < -0.4 is 4.90 Å². The number of halogens is 2. The first-order valence-electron chi connectivity index (χ1n) is 8.50. The Morgan fingerprint density at radius 3 is 2.58 bits per heavy atom. The SMILES string of the molecule is CCCCN1C(=O)[C@@](O)(CC(=O)c2ccc(Cl)cc2)c2cc(Br)ccc21. The zero-order valence-electron chi connectivity index (χ0n) is 14.3. The summed E-state index contributed by atoms with van der Waals surface area (Å²) in [6.07, 6.45) is 1.44. The van der Waals surface area contributed by atoms with E-state index in [1.165, 1.54) is 0 Å². The number of unbranched alkanes of at least 4 members (excludes halogenated alkanes) is 1. The zero-order valence-corrected chi connectivity index (χ0v) is 16.7. The maximum atomic E-state index is 13.0. The van der Waals surface area contributed by atoms with Crippen molar-refractivity contribution in [2.45, 2.75) is 31.8 Å². The molecule has 1 amide bonds. The predicted octanol–water partition coefficient (Wildman–Crippen LogP) is 4.71. The summed E-state index contributed by atoms with van der Waals surface area (Å²) >= 11 is 9.25. The van der Waals surface area contributed by atoms with Crippen molar-refractivity contribution in [2.24, 2.45) is 0 Å². The normalized spacial score (nSPS) is 18.9. The third-order valence-corrected chi connectivity index (χ3v) is 5.36. The summed E-state index contributed by atoms with van der Waals surface area (Å²) in [5, 5.41) is 11.8. The van der Waals surface area contributed by atoms with Crippen LogP contribution in [0.5, 0.6) is 0 Å². The van der Waals surface area contributed by atoms with E-state index in [-0.39, 0.29) is 12.2 Å². The molecule has 6 heteroatoms. The van der Waals surface area contributed by atoms with Crippen molar-refractivity contribution in [2.75, 3.05) is 11.4 Å². The lowest BCUT2D eigenvalue weighted by Gasteiger charge is -2.22. The van der Waals surface area contributed by atoms with Gasteiger partial charge in [-0.25, -0.2) is 0 Å². The van der Waals surface area contributed by atoms with Crippen LogP contribution in [0, 0.1) is 0 Å². The number of rotatable bonds is 6. The third kappa shape index (κ3) is 3.43. The second kappa shape index (κ2) is 7.51. The van der Waals surface area contributed by atoms with Crippen LogP contribution in [0.1, 0.15) is 42.1 Å². The van der Waals surface area contributed by atoms with E-state index in [1.54, 1.807) is 41.3 Å². The van der Waals surface area contributed by atoms with Gasteiger partial charge in [0.25, 0.3) is 5.91 Å². The number of Topliss-reactive ketones (excluding diaryl/α,β-unsaturated/α-hetero) is 1. The molecule has 2 aromatic carbocycles. The highest BCUT2D eigenvalue weighted by molar-refractivity contribution is 9.10. The summed E-state index contributed by atoms with van der Waals surface area (Å²) in [7, 11) is 0. The fourth-order valence-corrected chi connectivity index (χ4v) is 3.69. The summed E-state index contributed by atoms with van der Waals surface area (Å²) in [6, 6.07) is 11.8. The van der Waals surface area contributed by atoms with Crippen LogP contribution in [0.3, 0.4) is 0 Å². The van der Waals surface area contributed by atoms with E-state index in [0.29, 0.717) is 28.4 Å². The van der Waals surface area contributed by atoms with Gasteiger partial charge in [-0.3, -0.25) is 9.59 Å². The zero-order chi connectivity index (χ0) is 18.9. The predicted molar refractivity (Wildman–Crippen MR) is 106 cm³/mol. The summed E-state index contributed by atoms with van der Waals surface area (Å²) < 4.78 is 0.749. The number of nitrogens with zero attached hydrogens (tertiary/aromatic N) is 1. The summed E-state index contributed by atoms with van der Waals surface area (Å²) in [6.45, 7) is 2.56. The number of hydrogen-bond donors (Lipinski definition) is 1. The van der Waals surface area contributed by atoms with Crippen molar-refractivity contribution < 1.29 is 14.7 Å². The second-order valence-corrected chi connectivity index (χ2v) is 7.79. The molecule has 1 aliphatic heterocycles. The Bertz CT molecular complexity index is 853. The lowest BCUT2D eigenvalue weighted by molar-refractivity contribution is -0.135. The van der Waals surface area contributed by atoms with E-state index in [2.05, 4.69) is 15.9 Å². The van der Waals surface area contributed by atoms with Crippen LogP contribution in [0.25, 0.3) is 0 Å². The van der Waals surface area contributed by atoms with Gasteiger partial charge >= 0.3 is 0 Å². The molecule has 0 bridgehead atoms. The number of carbonyl (C=O) groups is 2. The molecular weight excluding hydrogens is 418 g/mol. The minimum absolute atomic E-state index is 0.305. The molecule has 1 atom stereocenters. The Balaban J connectivity index is 1.96. The molecule has 0 aromatic heterocycles. The van der Waals surface area contributed by atoms with E-state index in [9.17, 15) is 14.7 Å². The van der Waals surface area contributed by atoms with Gasteiger partial charge in [-0.05, 0) is 48.9 Å². The fourth-order valence-electron chi connectivity index (χ4n) is 3.20. The highest BCUT2D eigenvalue weighted by atomic mass is 79.9. The highest BCUT2D eigenvalue weighted by Gasteiger charge is 2.50. The van der Waals surface area contributed by atoms with Gasteiger partial charge in [0.2, 0.25) is 0 Å². The first kappa shape index (κ1) is 19.1. The molecule has 1 aliphatic rings. The number of anilines is 1. The van der Waals surface area contributed by atoms with E-state index in [4.69, 9.17) is 11.6 Å². The Labute approximate surface area is 165 Å². The molecule has 0 saturated heterocycles. The first-order chi connectivity index (χ1) is 12.4. The van der Waals surface area contributed by atoms with Crippen molar-refractivity contribution in [1.29, 1.82) is 0 Å². The Morgan fingerprint density at radius 2 is 1.92 bits per heavy atom. The van der Waals surface area contributed by atoms with Gasteiger partial charge in [-0.2, -0.15) is 0 Å². The molecule has 0 fully saturated rings. The fraction of sp³-hybridized carbons (Fsp3) is 0.300. The van der Waals surface area contributed by atoms with Gasteiger partial charge < -0.3 is 10.0 Å². The second-order valence-electron chi connectivity index (χ2n) is 6.44. The number of ketones is 1. The molecule has 136 valence electrons. The van der Waals surface area contributed by atoms with Gasteiger partial charge in [0.1, 0.15) is 0 Å². The van der Waals surface area contributed by atoms with E-state index in [1.807, 2.05) is 13.0 Å². The van der Waals surface area contributed by atoms with Gasteiger partial charge in [-0.1, -0.05) is 40.9 Å². The van der Waals surface area contributed by atoms with Gasteiger partial charge in [-0.15, -0.1) is 0 Å². The summed E-state index contributed by atoms with van der Waals surface area (Å²) in [5.41, 5.74) is -0.309. The van der Waals surface area contributed by atoms with Crippen LogP contribution in [0.4, 0.5) is 5.69 Å². The molecule has 3 rings (SSSR count). The maximum Gasteiger partial charge on any atom is 0.264 e. The molecular formula is C20H19BrClNO3. The molecule has 0 unspecified atom stereocenters. The number of carbonyl (C=O) groups excluding carboxylic acids is 2. The van der Waals surface area contributed by atoms with Crippen LogP contribution >= 0.6 is 27.5 Å². The largest absolute Gasteiger partial charge is 0.375 e. The molecule has 0 saturated carbocycles. The topological polar surface area (TPSA) is 57.6 Å². The van der Waals surface area contributed by atoms with Gasteiger partial charge in [0.15, 0.2) is 11.4 Å². The molecule has 0 radical (unpaired) electrons. The average molecular weight is 437 g/mol. The van der Waals surface area contributed by atoms with Crippen LogP contribution in [0.2, 0.25) is 5.02 Å². The van der Waals surface area contributed by atoms with Crippen molar-refractivity contribution in [1.82, 2.24) is 0 Å². The van der Waals surface area contributed by atoms with Gasteiger partial charge in [0, 0.05) is 27.2 Å². The van der Waals surface area contributed by atoms with E-state index >= 15 is 0 Å². The molecule has 26 heavy (non-hydrogen) atoms. The lowest BCUT2D eigenvalue weighted by atomic mass is 9.88. The van der Waals surface area contributed by atoms with Crippen molar-refractivity contribution in [3.05, 3.63) is 63.1 Å². The number of benzene rings is 2. The van der Waals surface area contributed by atoms with E-state index < -0.39 is 11.5 Å². The van der Waals surface area contributed by atoms with Crippen LogP contribution in [0.15, 0.2) is 46.9 Å². The molecule has 2 aromatic rings. The number of fused-ring (bicyclic) bond motifs is 1. The summed E-state index contributed by atoms with van der Waals surface area (Å²) in [5.74, 6) is -0.748. The monoisotopic (exact) mass is 435 g/mol. The number of amides is 1. The highest BCUT2D eigenvalue weighted by Crippen LogP contribution is 2.44. The molecule has 4 nitrogen and oxygen atoms in total. The quantitative estimate of drug-likeness (QED) is 0.667. The smallest absolute Gasteiger partial charge is 0.264 e.